The van der Waals surface area contributed by atoms with Gasteiger partial charge in [-0.2, -0.15) is 11.3 Å². The molecule has 1 aromatic carbocycles. The molecule has 1 atom stereocenters. The lowest BCUT2D eigenvalue weighted by atomic mass is 10.1. The highest BCUT2D eigenvalue weighted by atomic mass is 32.1. The van der Waals surface area contributed by atoms with Gasteiger partial charge in [0, 0.05) is 0 Å². The summed E-state index contributed by atoms with van der Waals surface area (Å²) in [6, 6.07) is 8.05. The lowest BCUT2D eigenvalue weighted by Crippen LogP contribution is -1.95. The van der Waals surface area contributed by atoms with Crippen molar-refractivity contribution in [2.75, 3.05) is 0 Å². The van der Waals surface area contributed by atoms with Crippen molar-refractivity contribution >= 4 is 11.3 Å². The maximum Gasteiger partial charge on any atom is 0.120 e. The molecule has 17 heavy (non-hydrogen) atoms. The zero-order valence-electron chi connectivity index (χ0n) is 9.43. The number of benzene rings is 1. The molecule has 1 N–H and O–H groups in total. The second kappa shape index (κ2) is 4.51. The van der Waals surface area contributed by atoms with Crippen LogP contribution in [0.4, 0.5) is 0 Å². The number of aryl methyl sites for hydroxylation is 1. The Hall–Kier alpha value is -1.32. The van der Waals surface area contributed by atoms with Crippen LogP contribution >= 0.6 is 11.3 Å². The minimum absolute atomic E-state index is 0.282. The first-order valence-electron chi connectivity index (χ1n) is 5.78. The fraction of sp³-hybridized carbons (Fsp3) is 0.286. The van der Waals surface area contributed by atoms with Crippen LogP contribution in [0, 0.1) is 0 Å². The lowest BCUT2D eigenvalue weighted by Gasteiger charge is -2.08. The van der Waals surface area contributed by atoms with Crippen molar-refractivity contribution in [3.63, 3.8) is 0 Å². The molecule has 0 fully saturated rings. The summed E-state index contributed by atoms with van der Waals surface area (Å²) < 4.78 is 5.74. The van der Waals surface area contributed by atoms with Gasteiger partial charge in [-0.1, -0.05) is 6.07 Å². The molecule has 2 aromatic rings. The largest absolute Gasteiger partial charge is 0.489 e. The van der Waals surface area contributed by atoms with Crippen molar-refractivity contribution in [3.05, 3.63) is 51.7 Å². The molecular formula is C14H14O2S. The standard InChI is InChI=1S/C14H14O2S/c15-14-4-1-11-7-12(2-3-13(11)14)16-8-10-5-6-17-9-10/h2-3,5-7,9,14-15H,1,4,8H2. The van der Waals surface area contributed by atoms with E-state index in [4.69, 9.17) is 4.74 Å². The maximum atomic E-state index is 9.71. The van der Waals surface area contributed by atoms with Crippen molar-refractivity contribution in [3.8, 4) is 5.75 Å². The Balaban J connectivity index is 1.72. The molecule has 1 aromatic heterocycles. The second-order valence-electron chi connectivity index (χ2n) is 4.34. The van der Waals surface area contributed by atoms with Gasteiger partial charge in [0.25, 0.3) is 0 Å². The summed E-state index contributed by atoms with van der Waals surface area (Å²) in [7, 11) is 0. The van der Waals surface area contributed by atoms with Gasteiger partial charge in [0.1, 0.15) is 12.4 Å². The summed E-state index contributed by atoms with van der Waals surface area (Å²) in [6.07, 6.45) is 1.51. The fourth-order valence-electron chi connectivity index (χ4n) is 2.20. The highest BCUT2D eigenvalue weighted by molar-refractivity contribution is 7.07. The number of hydrogen-bond acceptors (Lipinski definition) is 3. The Labute approximate surface area is 104 Å². The van der Waals surface area contributed by atoms with E-state index in [1.165, 1.54) is 11.1 Å². The van der Waals surface area contributed by atoms with Crippen LogP contribution in [0.5, 0.6) is 5.75 Å². The van der Waals surface area contributed by atoms with Crippen molar-refractivity contribution in [1.82, 2.24) is 0 Å². The predicted octanol–water partition coefficient (Wildman–Crippen LogP) is 3.31. The first-order chi connectivity index (χ1) is 8.33. The van der Waals surface area contributed by atoms with Crippen LogP contribution in [-0.4, -0.2) is 5.11 Å². The molecular weight excluding hydrogens is 232 g/mol. The molecule has 0 spiro atoms. The lowest BCUT2D eigenvalue weighted by molar-refractivity contribution is 0.180. The van der Waals surface area contributed by atoms with Gasteiger partial charge in [-0.15, -0.1) is 0 Å². The number of fused-ring (bicyclic) bond motifs is 1. The minimum Gasteiger partial charge on any atom is -0.489 e. The summed E-state index contributed by atoms with van der Waals surface area (Å²) in [5, 5.41) is 13.9. The Morgan fingerprint density at radius 1 is 1.35 bits per heavy atom. The summed E-state index contributed by atoms with van der Waals surface area (Å²) >= 11 is 1.68. The van der Waals surface area contributed by atoms with Crippen molar-refractivity contribution in [2.45, 2.75) is 25.6 Å². The summed E-state index contributed by atoms with van der Waals surface area (Å²) in [5.41, 5.74) is 3.49. The van der Waals surface area contributed by atoms with Crippen LogP contribution in [0.1, 0.15) is 29.2 Å². The first-order valence-corrected chi connectivity index (χ1v) is 6.72. The van der Waals surface area contributed by atoms with Crippen LogP contribution in [0.2, 0.25) is 0 Å². The SMILES string of the molecule is OC1CCc2cc(OCc3ccsc3)ccc21. The summed E-state index contributed by atoms with van der Waals surface area (Å²) in [5.74, 6) is 0.893. The maximum absolute atomic E-state index is 9.71. The van der Waals surface area contributed by atoms with Crippen LogP contribution in [-0.2, 0) is 13.0 Å². The number of rotatable bonds is 3. The molecule has 1 aliphatic carbocycles. The third-order valence-corrected chi connectivity index (χ3v) is 3.88. The van der Waals surface area contributed by atoms with Gasteiger partial charge in [0.2, 0.25) is 0 Å². The highest BCUT2D eigenvalue weighted by Crippen LogP contribution is 2.33. The van der Waals surface area contributed by atoms with Crippen molar-refractivity contribution < 1.29 is 9.84 Å². The zero-order valence-corrected chi connectivity index (χ0v) is 10.2. The molecule has 2 nitrogen and oxygen atoms in total. The third-order valence-electron chi connectivity index (χ3n) is 3.15. The predicted molar refractivity (Wildman–Crippen MR) is 68.4 cm³/mol. The van der Waals surface area contributed by atoms with Gasteiger partial charge < -0.3 is 9.84 Å². The molecule has 1 unspecified atom stereocenters. The average molecular weight is 246 g/mol. The minimum atomic E-state index is -0.282. The Kier molecular flexibility index (Phi) is 2.87. The monoisotopic (exact) mass is 246 g/mol. The van der Waals surface area contributed by atoms with E-state index in [1.54, 1.807) is 11.3 Å². The molecule has 0 aliphatic heterocycles. The number of thiophene rings is 1. The van der Waals surface area contributed by atoms with E-state index < -0.39 is 0 Å². The van der Waals surface area contributed by atoms with Gasteiger partial charge >= 0.3 is 0 Å². The van der Waals surface area contributed by atoms with Gasteiger partial charge in [0.15, 0.2) is 0 Å². The molecule has 0 radical (unpaired) electrons. The topological polar surface area (TPSA) is 29.5 Å². The van der Waals surface area contributed by atoms with E-state index in [9.17, 15) is 5.11 Å². The molecule has 1 heterocycles. The molecule has 0 saturated carbocycles. The van der Waals surface area contributed by atoms with Gasteiger partial charge in [-0.05, 0) is 58.5 Å². The summed E-state index contributed by atoms with van der Waals surface area (Å²) in [6.45, 7) is 0.616. The second-order valence-corrected chi connectivity index (χ2v) is 5.12. The molecule has 1 aliphatic rings. The van der Waals surface area contributed by atoms with E-state index in [0.29, 0.717) is 6.61 Å². The quantitative estimate of drug-likeness (QED) is 0.900. The molecule has 3 heteroatoms. The third kappa shape index (κ3) is 2.21. The first kappa shape index (κ1) is 10.8. The van der Waals surface area contributed by atoms with Gasteiger partial charge in [-0.3, -0.25) is 0 Å². The molecule has 0 saturated heterocycles. The van der Waals surface area contributed by atoms with Crippen molar-refractivity contribution in [2.24, 2.45) is 0 Å². The normalized spacial score (nSPS) is 18.1. The zero-order chi connectivity index (χ0) is 11.7. The number of ether oxygens (including phenoxy) is 1. The number of aliphatic hydroxyl groups excluding tert-OH is 1. The van der Waals surface area contributed by atoms with E-state index in [-0.39, 0.29) is 6.10 Å². The smallest absolute Gasteiger partial charge is 0.120 e. The Bertz CT molecular complexity index is 505. The number of hydrogen-bond donors (Lipinski definition) is 1. The molecule has 88 valence electrons. The van der Waals surface area contributed by atoms with E-state index >= 15 is 0 Å². The number of aliphatic hydroxyl groups is 1. The summed E-state index contributed by atoms with van der Waals surface area (Å²) in [4.78, 5) is 0. The van der Waals surface area contributed by atoms with Crippen LogP contribution in [0.15, 0.2) is 35.0 Å². The Morgan fingerprint density at radius 3 is 3.12 bits per heavy atom. The van der Waals surface area contributed by atoms with Gasteiger partial charge in [-0.25, -0.2) is 0 Å². The van der Waals surface area contributed by atoms with E-state index in [1.807, 2.05) is 12.1 Å². The fourth-order valence-corrected chi connectivity index (χ4v) is 2.86. The Morgan fingerprint density at radius 2 is 2.29 bits per heavy atom. The van der Waals surface area contributed by atoms with Crippen LogP contribution in [0.3, 0.4) is 0 Å². The molecule has 0 amide bonds. The van der Waals surface area contributed by atoms with E-state index in [2.05, 4.69) is 22.9 Å². The van der Waals surface area contributed by atoms with Crippen molar-refractivity contribution in [1.29, 1.82) is 0 Å². The highest BCUT2D eigenvalue weighted by Gasteiger charge is 2.20. The van der Waals surface area contributed by atoms with Crippen LogP contribution < -0.4 is 4.74 Å². The van der Waals surface area contributed by atoms with E-state index in [0.717, 1.165) is 24.2 Å². The van der Waals surface area contributed by atoms with Crippen LogP contribution in [0.25, 0.3) is 0 Å². The molecule has 0 bridgehead atoms. The molecule has 3 rings (SSSR count). The van der Waals surface area contributed by atoms with Gasteiger partial charge in [0.05, 0.1) is 6.10 Å². The average Bonchev–Trinajstić information content (AvgIpc) is 2.97.